The van der Waals surface area contributed by atoms with Crippen LogP contribution in [0.2, 0.25) is 5.02 Å². The quantitative estimate of drug-likeness (QED) is 0.720. The van der Waals surface area contributed by atoms with Crippen LogP contribution in [0.5, 0.6) is 11.5 Å². The number of fused-ring (bicyclic) bond motifs is 3. The van der Waals surface area contributed by atoms with Gasteiger partial charge in [-0.15, -0.1) is 0 Å². The van der Waals surface area contributed by atoms with Gasteiger partial charge < -0.3 is 9.47 Å². The van der Waals surface area contributed by atoms with Gasteiger partial charge in [0, 0.05) is 23.9 Å². The van der Waals surface area contributed by atoms with Gasteiger partial charge in [-0.05, 0) is 17.9 Å². The number of hydrogen-bond acceptors (Lipinski definition) is 3. The number of Topliss-reactive ketones (excluding diaryl/α,β-unsaturated/α-hetero) is 1. The zero-order chi connectivity index (χ0) is 12.7. The van der Waals surface area contributed by atoms with E-state index < -0.39 is 0 Å². The molecule has 0 saturated carbocycles. The second-order valence-corrected chi connectivity index (χ2v) is 5.29. The third-order valence-electron chi connectivity index (χ3n) is 3.60. The van der Waals surface area contributed by atoms with Gasteiger partial charge in [0.2, 0.25) is 0 Å². The van der Waals surface area contributed by atoms with Crippen molar-refractivity contribution in [1.82, 2.24) is 0 Å². The molecular formula is C14H15ClO3. The van der Waals surface area contributed by atoms with Crippen molar-refractivity contribution in [2.75, 3.05) is 13.2 Å². The Hall–Kier alpha value is -1.22. The fourth-order valence-electron chi connectivity index (χ4n) is 2.66. The molecule has 0 aromatic heterocycles. The van der Waals surface area contributed by atoms with Gasteiger partial charge in [-0.3, -0.25) is 4.79 Å². The number of ether oxygens (including phenoxy) is 2. The Balaban J connectivity index is 2.24. The molecule has 3 nitrogen and oxygen atoms in total. The molecule has 1 aliphatic heterocycles. The van der Waals surface area contributed by atoms with E-state index in [4.69, 9.17) is 21.1 Å². The lowest BCUT2D eigenvalue weighted by Gasteiger charge is -2.25. The largest absolute Gasteiger partial charge is 0.489 e. The fraction of sp³-hybridized carbons (Fsp3) is 0.500. The highest BCUT2D eigenvalue weighted by Crippen LogP contribution is 2.46. The lowest BCUT2D eigenvalue weighted by atomic mass is 9.82. The Morgan fingerprint density at radius 3 is 2.94 bits per heavy atom. The molecule has 2 aliphatic rings. The lowest BCUT2D eigenvalue weighted by molar-refractivity contribution is 0.0963. The Labute approximate surface area is 111 Å². The van der Waals surface area contributed by atoms with Crippen molar-refractivity contribution in [2.24, 2.45) is 0 Å². The number of halogens is 1. The van der Waals surface area contributed by atoms with E-state index in [1.165, 1.54) is 0 Å². The molecule has 0 saturated heterocycles. The minimum absolute atomic E-state index is 0.118. The third kappa shape index (κ3) is 1.77. The van der Waals surface area contributed by atoms with E-state index in [9.17, 15) is 4.79 Å². The molecule has 0 spiro atoms. The van der Waals surface area contributed by atoms with E-state index in [1.54, 1.807) is 6.07 Å². The van der Waals surface area contributed by atoms with Gasteiger partial charge in [0.25, 0.3) is 0 Å². The van der Waals surface area contributed by atoms with Crippen molar-refractivity contribution in [3.05, 3.63) is 22.2 Å². The first-order chi connectivity index (χ1) is 8.68. The van der Waals surface area contributed by atoms with E-state index in [0.717, 1.165) is 18.4 Å². The summed E-state index contributed by atoms with van der Waals surface area (Å²) in [4.78, 5) is 12.2. The van der Waals surface area contributed by atoms with Crippen LogP contribution in [0.4, 0.5) is 0 Å². The Morgan fingerprint density at radius 2 is 2.11 bits per heavy atom. The molecule has 18 heavy (non-hydrogen) atoms. The first-order valence-corrected chi connectivity index (χ1v) is 6.71. The maximum atomic E-state index is 12.2. The van der Waals surface area contributed by atoms with E-state index in [2.05, 4.69) is 6.92 Å². The molecule has 0 radical (unpaired) electrons. The molecule has 1 aliphatic carbocycles. The average molecular weight is 267 g/mol. The second kappa shape index (κ2) is 4.47. The van der Waals surface area contributed by atoms with E-state index in [0.29, 0.717) is 47.6 Å². The van der Waals surface area contributed by atoms with Crippen molar-refractivity contribution in [2.45, 2.75) is 32.1 Å². The Kier molecular flexibility index (Phi) is 2.94. The second-order valence-electron chi connectivity index (χ2n) is 4.89. The summed E-state index contributed by atoms with van der Waals surface area (Å²) >= 11 is 6.30. The maximum Gasteiger partial charge on any atom is 0.172 e. The summed E-state index contributed by atoms with van der Waals surface area (Å²) in [6.07, 6.45) is 2.24. The predicted octanol–water partition coefficient (Wildman–Crippen LogP) is 3.58. The van der Waals surface area contributed by atoms with Crippen molar-refractivity contribution in [3.63, 3.8) is 0 Å². The third-order valence-corrected chi connectivity index (χ3v) is 3.92. The molecule has 0 amide bonds. The van der Waals surface area contributed by atoms with Crippen molar-refractivity contribution in [3.8, 4) is 11.5 Å². The normalized spacial score (nSPS) is 22.3. The van der Waals surface area contributed by atoms with Crippen LogP contribution >= 0.6 is 11.6 Å². The highest BCUT2D eigenvalue weighted by Gasteiger charge is 2.31. The molecule has 3 rings (SSSR count). The molecule has 1 aromatic carbocycles. The van der Waals surface area contributed by atoms with Gasteiger partial charge in [0.1, 0.15) is 0 Å². The first-order valence-electron chi connectivity index (χ1n) is 6.33. The standard InChI is InChI=1S/C14H15ClO3/c1-8-3-4-10(16)13-12(8)9(15)7-11-14(13)18-6-2-5-17-11/h7-8H,2-6H2,1H3. The summed E-state index contributed by atoms with van der Waals surface area (Å²) in [6, 6.07) is 1.79. The number of carbonyl (C=O) groups is 1. The van der Waals surface area contributed by atoms with Gasteiger partial charge in [-0.1, -0.05) is 18.5 Å². The van der Waals surface area contributed by atoms with Crippen molar-refractivity contribution in [1.29, 1.82) is 0 Å². The van der Waals surface area contributed by atoms with Crippen LogP contribution in [-0.2, 0) is 0 Å². The smallest absolute Gasteiger partial charge is 0.172 e. The SMILES string of the molecule is CC1CCC(=O)c2c3c(cc(Cl)c21)OCCCO3. The summed E-state index contributed by atoms with van der Waals surface area (Å²) in [6.45, 7) is 3.29. The van der Waals surface area contributed by atoms with Gasteiger partial charge in [0.15, 0.2) is 17.3 Å². The maximum absolute atomic E-state index is 12.2. The van der Waals surface area contributed by atoms with Crippen LogP contribution in [0.15, 0.2) is 6.07 Å². The molecule has 0 fully saturated rings. The summed E-state index contributed by atoms with van der Waals surface area (Å²) in [7, 11) is 0. The minimum atomic E-state index is 0.118. The highest BCUT2D eigenvalue weighted by molar-refractivity contribution is 6.32. The molecule has 1 aromatic rings. The number of benzene rings is 1. The average Bonchev–Trinajstić information content (AvgIpc) is 2.58. The number of carbonyl (C=O) groups excluding carboxylic acids is 1. The Bertz CT molecular complexity index is 510. The van der Waals surface area contributed by atoms with Crippen LogP contribution in [-0.4, -0.2) is 19.0 Å². The van der Waals surface area contributed by atoms with Crippen LogP contribution < -0.4 is 9.47 Å². The molecule has 4 heteroatoms. The van der Waals surface area contributed by atoms with E-state index >= 15 is 0 Å². The van der Waals surface area contributed by atoms with Crippen LogP contribution in [0.25, 0.3) is 0 Å². The molecule has 1 heterocycles. The molecule has 1 atom stereocenters. The van der Waals surface area contributed by atoms with Gasteiger partial charge >= 0.3 is 0 Å². The number of ketones is 1. The van der Waals surface area contributed by atoms with Gasteiger partial charge in [-0.2, -0.15) is 0 Å². The highest BCUT2D eigenvalue weighted by atomic mass is 35.5. The summed E-state index contributed by atoms with van der Waals surface area (Å²) in [5.74, 6) is 1.62. The lowest BCUT2D eigenvalue weighted by Crippen LogP contribution is -2.16. The van der Waals surface area contributed by atoms with Crippen molar-refractivity contribution < 1.29 is 14.3 Å². The van der Waals surface area contributed by atoms with E-state index in [1.807, 2.05) is 0 Å². The molecule has 1 unspecified atom stereocenters. The minimum Gasteiger partial charge on any atom is -0.489 e. The van der Waals surface area contributed by atoms with Gasteiger partial charge in [0.05, 0.1) is 18.8 Å². The fourth-order valence-corrected chi connectivity index (χ4v) is 3.04. The molecule has 0 bridgehead atoms. The van der Waals surface area contributed by atoms with Crippen molar-refractivity contribution >= 4 is 17.4 Å². The summed E-state index contributed by atoms with van der Waals surface area (Å²) in [5.41, 5.74) is 1.58. The molecule has 0 N–H and O–H groups in total. The molecule has 96 valence electrons. The Morgan fingerprint density at radius 1 is 1.33 bits per heavy atom. The monoisotopic (exact) mass is 266 g/mol. The summed E-state index contributed by atoms with van der Waals surface area (Å²) < 4.78 is 11.3. The summed E-state index contributed by atoms with van der Waals surface area (Å²) in [5, 5.41) is 0.620. The van der Waals surface area contributed by atoms with Crippen LogP contribution in [0.3, 0.4) is 0 Å². The zero-order valence-corrected chi connectivity index (χ0v) is 11.0. The predicted molar refractivity (Wildman–Crippen MR) is 69.0 cm³/mol. The van der Waals surface area contributed by atoms with Crippen LogP contribution in [0, 0.1) is 0 Å². The first kappa shape index (κ1) is 11.8. The molecular weight excluding hydrogens is 252 g/mol. The topological polar surface area (TPSA) is 35.5 Å². The van der Waals surface area contributed by atoms with E-state index in [-0.39, 0.29) is 5.78 Å². The zero-order valence-electron chi connectivity index (χ0n) is 10.3. The number of hydrogen-bond donors (Lipinski definition) is 0. The van der Waals surface area contributed by atoms with Crippen LogP contribution in [0.1, 0.15) is 48.0 Å². The number of rotatable bonds is 0. The van der Waals surface area contributed by atoms with Gasteiger partial charge in [-0.25, -0.2) is 0 Å².